The topological polar surface area (TPSA) is 60.9 Å². The second-order valence-corrected chi connectivity index (χ2v) is 11.9. The van der Waals surface area contributed by atoms with Gasteiger partial charge in [-0.2, -0.15) is 4.31 Å². The number of carbonyl (C=O) groups is 1. The average molecular weight is 440 g/mol. The van der Waals surface area contributed by atoms with Crippen LogP contribution in [0.1, 0.15) is 62.2 Å². The highest BCUT2D eigenvalue weighted by molar-refractivity contribution is 7.91. The lowest BCUT2D eigenvalue weighted by molar-refractivity contribution is 0.0697. The highest BCUT2D eigenvalue weighted by Gasteiger charge is 2.33. The van der Waals surface area contributed by atoms with Gasteiger partial charge in [-0.05, 0) is 37.7 Å². The third-order valence-corrected chi connectivity index (χ3v) is 10.2. The number of hydrogen-bond acceptors (Lipinski definition) is 5. The Morgan fingerprint density at radius 1 is 0.966 bits per heavy atom. The standard InChI is InChI=1S/C21H33N3O3S2/c1-17-7-9-23(10-8-17)21(25)18-15-20(28-16-18)29(26,27)24-13-11-22(12-14-24)19-5-3-2-4-6-19/h15-17,19H,2-14H2,1H3. The van der Waals surface area contributed by atoms with Crippen molar-refractivity contribution in [3.8, 4) is 0 Å². The average Bonchev–Trinajstić information content (AvgIpc) is 3.26. The van der Waals surface area contributed by atoms with Crippen LogP contribution in [0.25, 0.3) is 0 Å². The molecule has 0 spiro atoms. The van der Waals surface area contributed by atoms with E-state index >= 15 is 0 Å². The highest BCUT2D eigenvalue weighted by Crippen LogP contribution is 2.28. The Hall–Kier alpha value is -0.960. The van der Waals surface area contributed by atoms with Crippen molar-refractivity contribution in [3.63, 3.8) is 0 Å². The fourth-order valence-corrected chi connectivity index (χ4v) is 7.57. The summed E-state index contributed by atoms with van der Waals surface area (Å²) in [5, 5.41) is 1.71. The maximum atomic E-state index is 13.1. The van der Waals surface area contributed by atoms with E-state index < -0.39 is 10.0 Å². The fraction of sp³-hybridized carbons (Fsp3) is 0.762. The van der Waals surface area contributed by atoms with Crippen LogP contribution in [-0.2, 0) is 10.0 Å². The molecule has 6 nitrogen and oxygen atoms in total. The van der Waals surface area contributed by atoms with Crippen molar-refractivity contribution in [1.82, 2.24) is 14.1 Å². The molecule has 0 atom stereocenters. The molecule has 1 aromatic heterocycles. The van der Waals surface area contributed by atoms with Crippen LogP contribution in [0, 0.1) is 5.92 Å². The van der Waals surface area contributed by atoms with Crippen LogP contribution in [0.15, 0.2) is 15.7 Å². The Morgan fingerprint density at radius 3 is 2.28 bits per heavy atom. The molecule has 3 heterocycles. The van der Waals surface area contributed by atoms with Crippen LogP contribution in [0.5, 0.6) is 0 Å². The van der Waals surface area contributed by atoms with Gasteiger partial charge in [-0.15, -0.1) is 11.3 Å². The van der Waals surface area contributed by atoms with Gasteiger partial charge in [-0.1, -0.05) is 26.2 Å². The smallest absolute Gasteiger partial charge is 0.254 e. The SMILES string of the molecule is CC1CCN(C(=O)c2csc(S(=O)(=O)N3CCN(C4CCCCC4)CC3)c2)CC1. The number of hydrogen-bond donors (Lipinski definition) is 0. The van der Waals surface area contributed by atoms with Crippen molar-refractivity contribution >= 4 is 27.3 Å². The van der Waals surface area contributed by atoms with Crippen molar-refractivity contribution < 1.29 is 13.2 Å². The zero-order chi connectivity index (χ0) is 20.4. The quantitative estimate of drug-likeness (QED) is 0.723. The molecule has 29 heavy (non-hydrogen) atoms. The van der Waals surface area contributed by atoms with Gasteiger partial charge >= 0.3 is 0 Å². The molecule has 1 saturated carbocycles. The molecule has 1 aromatic rings. The minimum atomic E-state index is -3.51. The monoisotopic (exact) mass is 439 g/mol. The van der Waals surface area contributed by atoms with Crippen molar-refractivity contribution in [3.05, 3.63) is 17.0 Å². The molecule has 162 valence electrons. The summed E-state index contributed by atoms with van der Waals surface area (Å²) in [6, 6.07) is 2.22. The lowest BCUT2D eigenvalue weighted by atomic mass is 9.94. The van der Waals surface area contributed by atoms with Crippen molar-refractivity contribution in [2.45, 2.75) is 62.1 Å². The van der Waals surface area contributed by atoms with E-state index in [1.165, 1.54) is 43.4 Å². The zero-order valence-corrected chi connectivity index (χ0v) is 19.0. The summed E-state index contributed by atoms with van der Waals surface area (Å²) < 4.78 is 28.1. The molecule has 0 aromatic carbocycles. The van der Waals surface area contributed by atoms with Crippen LogP contribution in [-0.4, -0.2) is 73.7 Å². The largest absolute Gasteiger partial charge is 0.339 e. The highest BCUT2D eigenvalue weighted by atomic mass is 32.2. The van der Waals surface area contributed by atoms with Gasteiger partial charge in [0.25, 0.3) is 15.9 Å². The number of amides is 1. The van der Waals surface area contributed by atoms with E-state index in [1.54, 1.807) is 15.8 Å². The van der Waals surface area contributed by atoms with Crippen molar-refractivity contribution in [2.75, 3.05) is 39.3 Å². The molecule has 0 bridgehead atoms. The van der Waals surface area contributed by atoms with Gasteiger partial charge in [0.2, 0.25) is 0 Å². The molecule has 2 saturated heterocycles. The van der Waals surface area contributed by atoms with Gasteiger partial charge < -0.3 is 4.90 Å². The first-order valence-corrected chi connectivity index (χ1v) is 13.4. The summed E-state index contributed by atoms with van der Waals surface area (Å²) in [6.07, 6.45) is 8.46. The molecule has 0 N–H and O–H groups in total. The third kappa shape index (κ3) is 4.70. The fourth-order valence-electron chi connectivity index (χ4n) is 4.84. The number of sulfonamides is 1. The molecule has 0 unspecified atom stereocenters. The molecule has 2 aliphatic heterocycles. The molecule has 1 aliphatic carbocycles. The van der Waals surface area contributed by atoms with Crippen molar-refractivity contribution in [1.29, 1.82) is 0 Å². The Morgan fingerprint density at radius 2 is 1.62 bits per heavy atom. The molecular formula is C21H33N3O3S2. The molecular weight excluding hydrogens is 406 g/mol. The molecule has 0 radical (unpaired) electrons. The number of carbonyl (C=O) groups excluding carboxylic acids is 1. The minimum absolute atomic E-state index is 0.0308. The zero-order valence-electron chi connectivity index (χ0n) is 17.4. The van der Waals surface area contributed by atoms with Crippen LogP contribution in [0.2, 0.25) is 0 Å². The van der Waals surface area contributed by atoms with Gasteiger partial charge in [-0.3, -0.25) is 9.69 Å². The minimum Gasteiger partial charge on any atom is -0.339 e. The molecule has 4 rings (SSSR count). The van der Waals surface area contributed by atoms with Crippen LogP contribution in [0.3, 0.4) is 0 Å². The number of thiophene rings is 1. The molecule has 3 aliphatic rings. The van der Waals surface area contributed by atoms with Crippen LogP contribution in [0.4, 0.5) is 0 Å². The lowest BCUT2D eigenvalue weighted by Crippen LogP contribution is -2.52. The van der Waals surface area contributed by atoms with Crippen LogP contribution >= 0.6 is 11.3 Å². The Bertz CT molecular complexity index is 801. The first-order valence-electron chi connectivity index (χ1n) is 11.1. The number of piperazine rings is 1. The third-order valence-electron chi connectivity index (χ3n) is 6.85. The summed E-state index contributed by atoms with van der Waals surface area (Å²) in [5.41, 5.74) is 0.518. The van der Waals surface area contributed by atoms with E-state index in [1.807, 2.05) is 4.90 Å². The first kappa shape index (κ1) is 21.3. The van der Waals surface area contributed by atoms with Crippen LogP contribution < -0.4 is 0 Å². The number of nitrogens with zero attached hydrogens (tertiary/aromatic N) is 3. The Kier molecular flexibility index (Phi) is 6.63. The maximum Gasteiger partial charge on any atom is 0.254 e. The van der Waals surface area contributed by atoms with Gasteiger partial charge in [0.05, 0.1) is 5.56 Å². The number of likely N-dealkylation sites (tertiary alicyclic amines) is 1. The Balaban J connectivity index is 1.37. The normalized spacial score (nSPS) is 24.1. The predicted molar refractivity (Wildman–Crippen MR) is 116 cm³/mol. The summed E-state index contributed by atoms with van der Waals surface area (Å²) >= 11 is 1.18. The summed E-state index contributed by atoms with van der Waals surface area (Å²) in [6.45, 7) is 6.46. The maximum absolute atomic E-state index is 13.1. The summed E-state index contributed by atoms with van der Waals surface area (Å²) in [5.74, 6) is 0.626. The Labute approximate surface area is 178 Å². The van der Waals surface area contributed by atoms with E-state index in [9.17, 15) is 13.2 Å². The van der Waals surface area contributed by atoms with E-state index in [-0.39, 0.29) is 5.91 Å². The van der Waals surface area contributed by atoms with Crippen molar-refractivity contribution in [2.24, 2.45) is 5.92 Å². The van der Waals surface area contributed by atoms with E-state index in [0.29, 0.717) is 34.8 Å². The molecule has 8 heteroatoms. The van der Waals surface area contributed by atoms with E-state index in [4.69, 9.17) is 0 Å². The van der Waals surface area contributed by atoms with Gasteiger partial charge in [0, 0.05) is 50.7 Å². The summed E-state index contributed by atoms with van der Waals surface area (Å²) in [4.78, 5) is 17.1. The first-order chi connectivity index (χ1) is 13.9. The number of piperidine rings is 1. The van der Waals surface area contributed by atoms with E-state index in [0.717, 1.165) is 39.0 Å². The summed E-state index contributed by atoms with van der Waals surface area (Å²) in [7, 11) is -3.51. The lowest BCUT2D eigenvalue weighted by Gasteiger charge is -2.40. The van der Waals surface area contributed by atoms with Gasteiger partial charge in [-0.25, -0.2) is 8.42 Å². The van der Waals surface area contributed by atoms with Gasteiger partial charge in [0.1, 0.15) is 4.21 Å². The predicted octanol–water partition coefficient (Wildman–Crippen LogP) is 3.26. The second kappa shape index (κ2) is 9.04. The van der Waals surface area contributed by atoms with Gasteiger partial charge in [0.15, 0.2) is 0 Å². The van der Waals surface area contributed by atoms with E-state index in [2.05, 4.69) is 11.8 Å². The molecule has 3 fully saturated rings. The second-order valence-electron chi connectivity index (χ2n) is 8.86. The number of rotatable bonds is 4. The molecule has 1 amide bonds.